The molecule has 0 radical (unpaired) electrons. The molecule has 1 fully saturated rings. The third-order valence-corrected chi connectivity index (χ3v) is 8.01. The van der Waals surface area contributed by atoms with Crippen LogP contribution in [0.3, 0.4) is 0 Å². The molecule has 1 saturated heterocycles. The van der Waals surface area contributed by atoms with E-state index in [1.807, 2.05) is 26.0 Å². The summed E-state index contributed by atoms with van der Waals surface area (Å²) in [6, 6.07) is 7.99. The predicted octanol–water partition coefficient (Wildman–Crippen LogP) is 3.70. The van der Waals surface area contributed by atoms with E-state index in [4.69, 9.17) is 42.6 Å². The lowest BCUT2D eigenvalue weighted by molar-refractivity contribution is -0.376. The molecule has 0 aromatic heterocycles. The molecule has 10 nitrogen and oxygen atoms in total. The van der Waals surface area contributed by atoms with Crippen molar-refractivity contribution < 1.29 is 47.4 Å². The van der Waals surface area contributed by atoms with Crippen LogP contribution in [0.5, 0.6) is 5.75 Å². The molecule has 1 aliphatic carbocycles. The lowest BCUT2D eigenvalue weighted by atomic mass is 9.70. The summed E-state index contributed by atoms with van der Waals surface area (Å²) in [7, 11) is 3.80. The molecule has 0 saturated carbocycles. The minimum atomic E-state index is -1.36. The highest BCUT2D eigenvalue weighted by Gasteiger charge is 2.56. The van der Waals surface area contributed by atoms with Gasteiger partial charge < -0.3 is 32.8 Å². The van der Waals surface area contributed by atoms with E-state index in [-0.39, 0.29) is 26.2 Å². The minimum Gasteiger partial charge on any atom is -0.471 e. The number of carbonyl (C=O) groups is 1. The summed E-state index contributed by atoms with van der Waals surface area (Å²) in [5.74, 6) is -0.527. The first-order valence-electron chi connectivity index (χ1n) is 13.2. The van der Waals surface area contributed by atoms with E-state index in [1.54, 1.807) is 24.3 Å². The van der Waals surface area contributed by atoms with Gasteiger partial charge in [-0.25, -0.2) is 9.78 Å². The Morgan fingerprint density at radius 1 is 1.08 bits per heavy atom. The van der Waals surface area contributed by atoms with Crippen molar-refractivity contribution in [1.29, 1.82) is 0 Å². The van der Waals surface area contributed by atoms with Crippen molar-refractivity contribution in [2.45, 2.75) is 57.0 Å². The zero-order chi connectivity index (χ0) is 28.3. The van der Waals surface area contributed by atoms with Crippen LogP contribution in [0.2, 0.25) is 6.04 Å². The number of ether oxygens (including phenoxy) is 6. The normalized spacial score (nSPS) is 23.9. The van der Waals surface area contributed by atoms with Gasteiger partial charge in [-0.1, -0.05) is 19.1 Å². The van der Waals surface area contributed by atoms with Gasteiger partial charge >= 0.3 is 0 Å². The lowest BCUT2D eigenvalue weighted by Crippen LogP contribution is -2.57. The van der Waals surface area contributed by atoms with Crippen molar-refractivity contribution in [1.82, 2.24) is 0 Å². The Bertz CT molecular complexity index is 988. The van der Waals surface area contributed by atoms with E-state index in [9.17, 15) is 4.79 Å². The molecular formula is C28H42O10Si. The highest BCUT2D eigenvalue weighted by molar-refractivity contribution is 6.27. The number of ketones is 1. The van der Waals surface area contributed by atoms with E-state index in [1.165, 1.54) is 21.3 Å². The molecular weight excluding hydrogens is 524 g/mol. The van der Waals surface area contributed by atoms with Gasteiger partial charge in [-0.15, -0.1) is 0 Å². The van der Waals surface area contributed by atoms with Crippen LogP contribution in [0.1, 0.15) is 44.0 Å². The summed E-state index contributed by atoms with van der Waals surface area (Å²) in [4.78, 5) is 25.8. The van der Waals surface area contributed by atoms with Gasteiger partial charge in [0.15, 0.2) is 29.1 Å². The maximum atomic E-state index is 14.6. The molecule has 1 aliphatic heterocycles. The second-order valence-corrected chi connectivity index (χ2v) is 11.6. The largest absolute Gasteiger partial charge is 0.471 e. The molecule has 0 amide bonds. The number of Topliss-reactive ketones (excluding diaryl/α,β-unsaturated/α-hetero) is 1. The van der Waals surface area contributed by atoms with Crippen molar-refractivity contribution in [3.05, 3.63) is 53.3 Å². The molecule has 0 spiro atoms. The topological polar surface area (TPSA) is 100 Å². The van der Waals surface area contributed by atoms with Crippen molar-refractivity contribution in [2.75, 3.05) is 48.3 Å². The second-order valence-electron chi connectivity index (χ2n) is 9.85. The molecule has 0 bridgehead atoms. The molecule has 218 valence electrons. The Balaban J connectivity index is 2.23. The summed E-state index contributed by atoms with van der Waals surface area (Å²) < 4.78 is 40.4. The van der Waals surface area contributed by atoms with E-state index in [2.05, 4.69) is 6.92 Å². The van der Waals surface area contributed by atoms with Gasteiger partial charge in [0.05, 0.1) is 17.8 Å². The average Bonchev–Trinajstić information content (AvgIpc) is 2.96. The zero-order valence-corrected chi connectivity index (χ0v) is 25.3. The Kier molecular flexibility index (Phi) is 12.1. The van der Waals surface area contributed by atoms with E-state index in [0.717, 1.165) is 18.0 Å². The fourth-order valence-corrected chi connectivity index (χ4v) is 5.62. The van der Waals surface area contributed by atoms with Crippen LogP contribution in [0.25, 0.3) is 0 Å². The first-order chi connectivity index (χ1) is 18.8. The Labute approximate surface area is 233 Å². The maximum absolute atomic E-state index is 14.6. The fourth-order valence-electron chi connectivity index (χ4n) is 4.74. The summed E-state index contributed by atoms with van der Waals surface area (Å²) in [6.07, 6.45) is 4.44. The monoisotopic (exact) mass is 566 g/mol. The van der Waals surface area contributed by atoms with Crippen LogP contribution < -0.4 is 4.74 Å². The zero-order valence-electron chi connectivity index (χ0n) is 23.9. The fraction of sp³-hybridized carbons (Fsp3) is 0.607. The SMILES string of the molecule is CC[SiH2]OC(C)(C)C1=CC(OCOC)(C2CCCOO2)C(C(=O)c2ccccc2OCOC)C(OCOC)=C1. The molecule has 3 unspecified atom stereocenters. The number of para-hydroxylation sites is 1. The Hall–Kier alpha value is -2.09. The highest BCUT2D eigenvalue weighted by atomic mass is 28.2. The van der Waals surface area contributed by atoms with E-state index < -0.39 is 33.0 Å². The van der Waals surface area contributed by atoms with Crippen molar-refractivity contribution in [3.8, 4) is 5.75 Å². The smallest absolute Gasteiger partial charge is 0.188 e. The molecule has 0 N–H and O–H groups in total. The minimum absolute atomic E-state index is 0.0143. The van der Waals surface area contributed by atoms with Crippen molar-refractivity contribution >= 4 is 15.5 Å². The quantitative estimate of drug-likeness (QED) is 0.127. The van der Waals surface area contributed by atoms with Crippen LogP contribution in [0, 0.1) is 5.92 Å². The van der Waals surface area contributed by atoms with Crippen molar-refractivity contribution in [2.24, 2.45) is 5.92 Å². The van der Waals surface area contributed by atoms with Gasteiger partial charge in [0.25, 0.3) is 0 Å². The third-order valence-electron chi connectivity index (χ3n) is 6.68. The summed E-state index contributed by atoms with van der Waals surface area (Å²) >= 11 is 0. The van der Waals surface area contributed by atoms with E-state index >= 15 is 0 Å². The van der Waals surface area contributed by atoms with E-state index in [0.29, 0.717) is 30.1 Å². The Morgan fingerprint density at radius 3 is 2.46 bits per heavy atom. The van der Waals surface area contributed by atoms with Gasteiger partial charge in [0, 0.05) is 21.3 Å². The lowest BCUT2D eigenvalue weighted by Gasteiger charge is -2.47. The molecule has 2 aliphatic rings. The number of rotatable bonds is 16. The summed E-state index contributed by atoms with van der Waals surface area (Å²) in [6.45, 7) is 6.37. The van der Waals surface area contributed by atoms with Gasteiger partial charge in [0.1, 0.15) is 35.9 Å². The van der Waals surface area contributed by atoms with Crippen LogP contribution in [0.4, 0.5) is 0 Å². The second kappa shape index (κ2) is 15.1. The molecule has 1 aromatic carbocycles. The summed E-state index contributed by atoms with van der Waals surface area (Å²) in [5, 5.41) is 0. The van der Waals surface area contributed by atoms with Gasteiger partial charge in [-0.05, 0) is 62.6 Å². The molecule has 11 heteroatoms. The first kappa shape index (κ1) is 31.4. The summed E-state index contributed by atoms with van der Waals surface area (Å²) in [5.41, 5.74) is -0.884. The molecule has 3 rings (SSSR count). The van der Waals surface area contributed by atoms with Crippen LogP contribution in [-0.4, -0.2) is 81.2 Å². The molecule has 1 heterocycles. The molecule has 3 atom stereocenters. The van der Waals surface area contributed by atoms with Crippen LogP contribution >= 0.6 is 0 Å². The van der Waals surface area contributed by atoms with Gasteiger partial charge in [0.2, 0.25) is 0 Å². The number of hydrogen-bond donors (Lipinski definition) is 0. The number of hydrogen-bond acceptors (Lipinski definition) is 10. The predicted molar refractivity (Wildman–Crippen MR) is 146 cm³/mol. The Morgan fingerprint density at radius 2 is 1.79 bits per heavy atom. The third kappa shape index (κ3) is 7.56. The van der Waals surface area contributed by atoms with Crippen LogP contribution in [0.15, 0.2) is 47.7 Å². The molecule has 1 aromatic rings. The maximum Gasteiger partial charge on any atom is 0.188 e. The van der Waals surface area contributed by atoms with Gasteiger partial charge in [-0.3, -0.25) is 4.79 Å². The number of benzene rings is 1. The van der Waals surface area contributed by atoms with Crippen molar-refractivity contribution in [3.63, 3.8) is 0 Å². The van der Waals surface area contributed by atoms with Gasteiger partial charge in [-0.2, -0.15) is 0 Å². The number of methoxy groups -OCH3 is 3. The number of carbonyl (C=O) groups excluding carboxylic acids is 1. The first-order valence-corrected chi connectivity index (χ1v) is 14.8. The van der Waals surface area contributed by atoms with Crippen LogP contribution in [-0.2, 0) is 37.9 Å². The molecule has 39 heavy (non-hydrogen) atoms. The average molecular weight is 567 g/mol. The highest BCUT2D eigenvalue weighted by Crippen LogP contribution is 2.46. The standard InChI is InChI=1S/C28H42O10Si/c1-7-39-38-27(2,3)20-15-23(34-18-31-5)25(26(29)21-11-8-9-12-22(21)33-17-30-4)28(16-20,35-19-32-6)24-13-10-14-36-37-24/h8-9,11-12,15-16,24-25H,7,10,13-14,17-19,39H2,1-6H3.